The van der Waals surface area contributed by atoms with E-state index in [1.54, 1.807) is 12.4 Å². The standard InChI is InChI=1S/C29H23ClN8/c30-27-14-32-29-33-28(24(18-37(27)29)21-6-2-1-3-7-21)22-11-9-20(10-12-22)15-36-16-23(17-36)38-19-26(34-35-38)25-8-4-5-13-31-25/h1-14,18-19,23H,15-17H2. The Bertz CT molecular complexity index is 1700. The Balaban J connectivity index is 1.07. The van der Waals surface area contributed by atoms with Crippen molar-refractivity contribution < 1.29 is 0 Å². The highest BCUT2D eigenvalue weighted by Gasteiger charge is 2.29. The van der Waals surface area contributed by atoms with Crippen molar-refractivity contribution in [2.24, 2.45) is 0 Å². The first-order valence-electron chi connectivity index (χ1n) is 12.5. The molecule has 5 heterocycles. The minimum atomic E-state index is 0.324. The van der Waals surface area contributed by atoms with E-state index in [0.717, 1.165) is 53.4 Å². The summed E-state index contributed by atoms with van der Waals surface area (Å²) in [7, 11) is 0. The van der Waals surface area contributed by atoms with Crippen LogP contribution in [-0.2, 0) is 6.54 Å². The molecule has 0 bridgehead atoms. The van der Waals surface area contributed by atoms with Crippen LogP contribution < -0.4 is 0 Å². The largest absolute Gasteiger partial charge is 0.295 e. The summed E-state index contributed by atoms with van der Waals surface area (Å²) in [5, 5.41) is 9.17. The van der Waals surface area contributed by atoms with Crippen molar-refractivity contribution in [2.75, 3.05) is 13.1 Å². The van der Waals surface area contributed by atoms with Crippen molar-refractivity contribution in [1.29, 1.82) is 0 Å². The number of fused-ring (bicyclic) bond motifs is 1. The second-order valence-corrected chi connectivity index (χ2v) is 9.85. The highest BCUT2D eigenvalue weighted by molar-refractivity contribution is 6.29. The number of nitrogens with zero attached hydrogens (tertiary/aromatic N) is 8. The second-order valence-electron chi connectivity index (χ2n) is 9.46. The SMILES string of the molecule is Clc1cnc2nc(-c3ccc(CN4CC(n5cc(-c6ccccn6)nn5)C4)cc3)c(-c3ccccc3)cn12. The van der Waals surface area contributed by atoms with Crippen LogP contribution in [-0.4, -0.2) is 52.3 Å². The van der Waals surface area contributed by atoms with Gasteiger partial charge in [0, 0.05) is 43.2 Å². The molecule has 0 atom stereocenters. The lowest BCUT2D eigenvalue weighted by Crippen LogP contribution is -2.47. The number of hydrogen-bond acceptors (Lipinski definition) is 6. The molecule has 0 N–H and O–H groups in total. The maximum absolute atomic E-state index is 6.34. The minimum absolute atomic E-state index is 0.324. The average Bonchev–Trinajstić information content (AvgIpc) is 3.58. The molecule has 1 fully saturated rings. The summed E-state index contributed by atoms with van der Waals surface area (Å²) in [5.41, 5.74) is 6.92. The van der Waals surface area contributed by atoms with Gasteiger partial charge in [0.25, 0.3) is 0 Å². The molecule has 0 unspecified atom stereocenters. The summed E-state index contributed by atoms with van der Waals surface area (Å²) in [6.07, 6.45) is 7.40. The molecule has 0 aliphatic carbocycles. The van der Waals surface area contributed by atoms with Crippen LogP contribution in [0.2, 0.25) is 5.15 Å². The molecular formula is C29H23ClN8. The molecule has 7 rings (SSSR count). The van der Waals surface area contributed by atoms with Gasteiger partial charge in [0.15, 0.2) is 0 Å². The van der Waals surface area contributed by atoms with Crippen LogP contribution in [0, 0.1) is 0 Å². The van der Waals surface area contributed by atoms with Crippen molar-refractivity contribution in [1.82, 2.24) is 39.2 Å². The van der Waals surface area contributed by atoms with E-state index in [-0.39, 0.29) is 0 Å². The number of imidazole rings is 1. The predicted octanol–water partition coefficient (Wildman–Crippen LogP) is 5.43. The van der Waals surface area contributed by atoms with E-state index in [2.05, 4.69) is 61.6 Å². The van der Waals surface area contributed by atoms with Crippen LogP contribution in [0.4, 0.5) is 0 Å². The van der Waals surface area contributed by atoms with Crippen molar-refractivity contribution in [3.63, 3.8) is 0 Å². The first-order valence-corrected chi connectivity index (χ1v) is 12.8. The van der Waals surface area contributed by atoms with Gasteiger partial charge < -0.3 is 0 Å². The third kappa shape index (κ3) is 4.23. The normalized spacial score (nSPS) is 14.1. The van der Waals surface area contributed by atoms with E-state index in [9.17, 15) is 0 Å². The van der Waals surface area contributed by atoms with Crippen LogP contribution in [0.25, 0.3) is 39.5 Å². The number of halogens is 1. The summed E-state index contributed by atoms with van der Waals surface area (Å²) in [6, 6.07) is 25.0. The maximum Gasteiger partial charge on any atom is 0.235 e. The fourth-order valence-corrected chi connectivity index (χ4v) is 5.06. The summed E-state index contributed by atoms with van der Waals surface area (Å²) < 4.78 is 3.77. The van der Waals surface area contributed by atoms with Crippen molar-refractivity contribution >= 4 is 17.4 Å². The van der Waals surface area contributed by atoms with Gasteiger partial charge >= 0.3 is 0 Å². The Morgan fingerprint density at radius 2 is 1.63 bits per heavy atom. The van der Waals surface area contributed by atoms with Crippen LogP contribution >= 0.6 is 11.6 Å². The Morgan fingerprint density at radius 3 is 2.42 bits per heavy atom. The Morgan fingerprint density at radius 1 is 0.816 bits per heavy atom. The number of pyridine rings is 1. The van der Waals surface area contributed by atoms with Gasteiger partial charge in [0.1, 0.15) is 10.8 Å². The van der Waals surface area contributed by atoms with E-state index < -0.39 is 0 Å². The molecule has 9 heteroatoms. The van der Waals surface area contributed by atoms with Crippen LogP contribution in [0.15, 0.2) is 97.6 Å². The summed E-state index contributed by atoms with van der Waals surface area (Å²) >= 11 is 6.34. The molecule has 38 heavy (non-hydrogen) atoms. The summed E-state index contributed by atoms with van der Waals surface area (Å²) in [5.74, 6) is 0.583. The zero-order valence-corrected chi connectivity index (χ0v) is 21.1. The maximum atomic E-state index is 6.34. The Labute approximate surface area is 224 Å². The van der Waals surface area contributed by atoms with Gasteiger partial charge in [0.05, 0.1) is 29.8 Å². The Kier molecular flexibility index (Phi) is 5.68. The molecule has 0 saturated carbocycles. The van der Waals surface area contributed by atoms with E-state index in [0.29, 0.717) is 17.0 Å². The van der Waals surface area contributed by atoms with Crippen molar-refractivity contribution in [2.45, 2.75) is 12.6 Å². The van der Waals surface area contributed by atoms with Crippen molar-refractivity contribution in [3.8, 4) is 33.8 Å². The van der Waals surface area contributed by atoms with E-state index in [1.165, 1.54) is 5.56 Å². The number of hydrogen-bond donors (Lipinski definition) is 0. The van der Waals surface area contributed by atoms with Crippen molar-refractivity contribution in [3.05, 3.63) is 108 Å². The third-order valence-corrected chi connectivity index (χ3v) is 7.20. The van der Waals surface area contributed by atoms with E-state index in [1.807, 2.05) is 57.9 Å². The van der Waals surface area contributed by atoms with Gasteiger partial charge in [-0.15, -0.1) is 5.10 Å². The molecule has 0 spiro atoms. The fourth-order valence-electron chi connectivity index (χ4n) is 4.88. The summed E-state index contributed by atoms with van der Waals surface area (Å²) in [6.45, 7) is 2.75. The van der Waals surface area contributed by atoms with Gasteiger partial charge in [-0.05, 0) is 23.3 Å². The first kappa shape index (κ1) is 22.8. The average molecular weight is 519 g/mol. The smallest absolute Gasteiger partial charge is 0.235 e. The number of rotatable bonds is 6. The van der Waals surface area contributed by atoms with Crippen LogP contribution in [0.3, 0.4) is 0 Å². The van der Waals surface area contributed by atoms with Crippen LogP contribution in [0.5, 0.6) is 0 Å². The fraction of sp³-hybridized carbons (Fsp3) is 0.138. The van der Waals surface area contributed by atoms with Gasteiger partial charge in [-0.25, -0.2) is 14.6 Å². The molecule has 6 aromatic rings. The van der Waals surface area contributed by atoms with Gasteiger partial charge in [-0.1, -0.05) is 77.5 Å². The monoisotopic (exact) mass is 518 g/mol. The molecule has 0 radical (unpaired) electrons. The van der Waals surface area contributed by atoms with E-state index >= 15 is 0 Å². The van der Waals surface area contributed by atoms with Crippen LogP contribution in [0.1, 0.15) is 11.6 Å². The first-order chi connectivity index (χ1) is 18.7. The molecule has 8 nitrogen and oxygen atoms in total. The molecular weight excluding hydrogens is 496 g/mol. The molecule has 1 saturated heterocycles. The quantitative estimate of drug-likeness (QED) is 0.293. The number of likely N-dealkylation sites (tertiary alicyclic amines) is 1. The molecule has 1 aliphatic heterocycles. The topological polar surface area (TPSA) is 77.0 Å². The number of benzene rings is 2. The second kappa shape index (κ2) is 9.48. The zero-order valence-electron chi connectivity index (χ0n) is 20.4. The zero-order chi connectivity index (χ0) is 25.5. The van der Waals surface area contributed by atoms with E-state index in [4.69, 9.17) is 16.6 Å². The van der Waals surface area contributed by atoms with Gasteiger partial charge in [0.2, 0.25) is 5.78 Å². The molecule has 4 aromatic heterocycles. The molecule has 0 amide bonds. The minimum Gasteiger partial charge on any atom is -0.295 e. The lowest BCUT2D eigenvalue weighted by Gasteiger charge is -2.38. The highest BCUT2D eigenvalue weighted by atomic mass is 35.5. The predicted molar refractivity (Wildman–Crippen MR) is 146 cm³/mol. The lowest BCUT2D eigenvalue weighted by molar-refractivity contribution is 0.0896. The number of aromatic nitrogens is 7. The lowest BCUT2D eigenvalue weighted by atomic mass is 9.99. The summed E-state index contributed by atoms with van der Waals surface area (Å²) in [4.78, 5) is 16.0. The van der Waals surface area contributed by atoms with Gasteiger partial charge in [-0.2, -0.15) is 0 Å². The molecule has 1 aliphatic rings. The van der Waals surface area contributed by atoms with Gasteiger partial charge in [-0.3, -0.25) is 14.3 Å². The highest BCUT2D eigenvalue weighted by Crippen LogP contribution is 2.32. The molecule has 2 aromatic carbocycles. The third-order valence-electron chi connectivity index (χ3n) is 6.93. The molecule has 186 valence electrons. The Hall–Kier alpha value is -4.40.